The van der Waals surface area contributed by atoms with Crippen LogP contribution in [0.5, 0.6) is 0 Å². The maximum Gasteiger partial charge on any atom is 0.326 e. The van der Waals surface area contributed by atoms with E-state index in [2.05, 4.69) is 0 Å². The summed E-state index contributed by atoms with van der Waals surface area (Å²) in [7, 11) is 0. The normalized spacial score (nSPS) is 33.7. The number of allylic oxidation sites excluding steroid dienone is 2. The molecule has 184 valence electrons. The van der Waals surface area contributed by atoms with Crippen molar-refractivity contribution < 1.29 is 39.0 Å². The molecule has 8 atom stereocenters. The zero-order chi connectivity index (χ0) is 25.2. The molecule has 1 saturated carbocycles. The molecule has 3 fully saturated rings. The van der Waals surface area contributed by atoms with E-state index in [1.54, 1.807) is 39.8 Å². The monoisotopic (exact) mass is 474 g/mol. The van der Waals surface area contributed by atoms with E-state index in [1.165, 1.54) is 0 Å². The van der Waals surface area contributed by atoms with E-state index in [4.69, 9.17) is 0 Å². The zero-order valence-electron chi connectivity index (χ0n) is 19.6. The third-order valence-corrected chi connectivity index (χ3v) is 7.66. The molecule has 3 aliphatic carbocycles. The van der Waals surface area contributed by atoms with Crippen LogP contribution in [0.1, 0.15) is 40.5 Å². The highest BCUT2D eigenvalue weighted by Gasteiger charge is 2.70. The van der Waals surface area contributed by atoms with Gasteiger partial charge in [-0.2, -0.15) is 0 Å². The number of aliphatic carboxylic acids is 2. The molecule has 0 aromatic heterocycles. The van der Waals surface area contributed by atoms with Crippen LogP contribution in [-0.4, -0.2) is 67.7 Å². The highest BCUT2D eigenvalue weighted by Crippen LogP contribution is 2.58. The van der Waals surface area contributed by atoms with Gasteiger partial charge in [-0.1, -0.05) is 39.8 Å². The van der Waals surface area contributed by atoms with Crippen LogP contribution in [0.15, 0.2) is 12.2 Å². The van der Waals surface area contributed by atoms with Crippen molar-refractivity contribution in [3.8, 4) is 0 Å². The van der Waals surface area contributed by atoms with E-state index in [0.717, 1.165) is 9.80 Å². The Kier molecular flexibility index (Phi) is 5.90. The minimum atomic E-state index is -1.31. The van der Waals surface area contributed by atoms with Gasteiger partial charge in [-0.05, 0) is 24.7 Å². The highest BCUT2D eigenvalue weighted by molar-refractivity contribution is 6.13. The SMILES string of the molecule is CC(C)C[C@H](C(=O)O)N1C(=O)[C@H]2C3C=CC([C@H]4C(=O)N([C@@H](CC(C)C)C(=O)O)C(=O)[C@H]34)[C@@H]2C1=O. The first-order valence-electron chi connectivity index (χ1n) is 11.8. The first-order valence-corrected chi connectivity index (χ1v) is 11.8. The molecule has 0 aromatic carbocycles. The molecule has 2 N–H and O–H groups in total. The number of carboxylic acids is 2. The minimum absolute atomic E-state index is 0.0795. The van der Waals surface area contributed by atoms with Crippen LogP contribution in [0.3, 0.4) is 0 Å². The molecular weight excluding hydrogens is 444 g/mol. The number of carboxylic acid groups (broad SMARTS) is 2. The van der Waals surface area contributed by atoms with E-state index in [1.807, 2.05) is 0 Å². The number of carbonyl (C=O) groups excluding carboxylic acids is 4. The van der Waals surface area contributed by atoms with Gasteiger partial charge >= 0.3 is 11.9 Å². The van der Waals surface area contributed by atoms with E-state index in [0.29, 0.717) is 0 Å². The van der Waals surface area contributed by atoms with Crippen LogP contribution in [0.2, 0.25) is 0 Å². The molecule has 0 spiro atoms. The standard InChI is InChI=1S/C24H30N2O8/c1-9(2)7-13(23(31)32)25-19(27)15-11-5-6-12(16(15)20(25)28)18-17(11)21(29)26(22(18)30)14(24(33)34)8-10(3)4/h5-6,9-18H,7-8H2,1-4H3,(H,31,32)(H,33,34)/t11?,12?,13-,14+,15+,16+,17-,18-. The fourth-order valence-corrected chi connectivity index (χ4v) is 6.41. The average Bonchev–Trinajstić information content (AvgIpc) is 3.17. The summed E-state index contributed by atoms with van der Waals surface area (Å²) in [5.74, 6) is -10.4. The minimum Gasteiger partial charge on any atom is -0.480 e. The van der Waals surface area contributed by atoms with Gasteiger partial charge in [0.1, 0.15) is 12.1 Å². The summed E-state index contributed by atoms with van der Waals surface area (Å²) in [6, 6.07) is -2.62. The van der Waals surface area contributed by atoms with E-state index < -0.39 is 83.2 Å². The number of carbonyl (C=O) groups is 6. The Morgan fingerprint density at radius 2 is 0.941 bits per heavy atom. The number of hydrogen-bond acceptors (Lipinski definition) is 6. The summed E-state index contributed by atoms with van der Waals surface area (Å²) < 4.78 is 0. The fourth-order valence-electron chi connectivity index (χ4n) is 6.41. The topological polar surface area (TPSA) is 149 Å². The third-order valence-electron chi connectivity index (χ3n) is 7.66. The molecule has 34 heavy (non-hydrogen) atoms. The number of amides is 4. The molecular formula is C24H30N2O8. The van der Waals surface area contributed by atoms with E-state index in [9.17, 15) is 39.0 Å². The summed E-state index contributed by atoms with van der Waals surface area (Å²) >= 11 is 0. The molecule has 5 rings (SSSR count). The Morgan fingerprint density at radius 1 is 0.676 bits per heavy atom. The second-order valence-corrected chi connectivity index (χ2v) is 10.7. The van der Waals surface area contributed by atoms with Crippen molar-refractivity contribution in [2.45, 2.75) is 52.6 Å². The Morgan fingerprint density at radius 3 is 1.15 bits per heavy atom. The molecule has 5 aliphatic rings. The van der Waals surface area contributed by atoms with Gasteiger partial charge in [-0.25, -0.2) is 9.59 Å². The van der Waals surface area contributed by atoms with Gasteiger partial charge in [0.05, 0.1) is 23.7 Å². The summed E-state index contributed by atoms with van der Waals surface area (Å²) in [5.41, 5.74) is 0. The second kappa shape index (κ2) is 8.32. The molecule has 2 bridgehead atoms. The maximum absolute atomic E-state index is 13.4. The smallest absolute Gasteiger partial charge is 0.326 e. The summed E-state index contributed by atoms with van der Waals surface area (Å²) in [5, 5.41) is 19.5. The summed E-state index contributed by atoms with van der Waals surface area (Å²) in [4.78, 5) is 79.2. The third kappa shape index (κ3) is 3.37. The van der Waals surface area contributed by atoms with E-state index >= 15 is 0 Å². The second-order valence-electron chi connectivity index (χ2n) is 10.7. The van der Waals surface area contributed by atoms with Crippen molar-refractivity contribution >= 4 is 35.6 Å². The van der Waals surface area contributed by atoms with Gasteiger partial charge < -0.3 is 10.2 Å². The first-order chi connectivity index (χ1) is 15.9. The van der Waals surface area contributed by atoms with Gasteiger partial charge in [-0.15, -0.1) is 0 Å². The Hall–Kier alpha value is -3.04. The number of hydrogen-bond donors (Lipinski definition) is 2. The van der Waals surface area contributed by atoms with Crippen LogP contribution < -0.4 is 0 Å². The lowest BCUT2D eigenvalue weighted by atomic mass is 9.54. The van der Waals surface area contributed by atoms with Crippen LogP contribution >= 0.6 is 0 Å². The molecule has 10 heteroatoms. The lowest BCUT2D eigenvalue weighted by molar-refractivity contribution is -0.156. The summed E-state index contributed by atoms with van der Waals surface area (Å²) in [6.45, 7) is 7.19. The van der Waals surface area contributed by atoms with E-state index in [-0.39, 0.29) is 24.7 Å². The molecule has 2 aliphatic heterocycles. The van der Waals surface area contributed by atoms with Crippen molar-refractivity contribution in [3.63, 3.8) is 0 Å². The molecule has 4 amide bonds. The van der Waals surface area contributed by atoms with Gasteiger partial charge in [0, 0.05) is 11.8 Å². The van der Waals surface area contributed by atoms with Gasteiger partial charge in [0.25, 0.3) is 0 Å². The molecule has 2 saturated heterocycles. The lowest BCUT2D eigenvalue weighted by Crippen LogP contribution is -2.50. The molecule has 0 aromatic rings. The van der Waals surface area contributed by atoms with Crippen LogP contribution in [-0.2, 0) is 28.8 Å². The van der Waals surface area contributed by atoms with Gasteiger partial charge in [-0.3, -0.25) is 29.0 Å². The van der Waals surface area contributed by atoms with Crippen molar-refractivity contribution in [1.82, 2.24) is 9.80 Å². The number of nitrogens with zero attached hydrogens (tertiary/aromatic N) is 2. The van der Waals surface area contributed by atoms with Crippen molar-refractivity contribution in [1.29, 1.82) is 0 Å². The predicted octanol–water partition coefficient (Wildman–Crippen LogP) is 1.00. The lowest BCUT2D eigenvalue weighted by Gasteiger charge is -2.44. The molecule has 2 heterocycles. The molecule has 2 unspecified atom stereocenters. The van der Waals surface area contributed by atoms with Crippen molar-refractivity contribution in [2.24, 2.45) is 47.3 Å². The maximum atomic E-state index is 13.4. The average molecular weight is 475 g/mol. The summed E-state index contributed by atoms with van der Waals surface area (Å²) in [6.07, 6.45) is 3.55. The molecule has 0 radical (unpaired) electrons. The number of rotatable bonds is 8. The Balaban J connectivity index is 1.70. The van der Waals surface area contributed by atoms with Crippen molar-refractivity contribution in [3.05, 3.63) is 12.2 Å². The molecule has 10 nitrogen and oxygen atoms in total. The Bertz CT molecular complexity index is 879. The van der Waals surface area contributed by atoms with Crippen LogP contribution in [0.25, 0.3) is 0 Å². The van der Waals surface area contributed by atoms with Crippen molar-refractivity contribution in [2.75, 3.05) is 0 Å². The van der Waals surface area contributed by atoms with Crippen LogP contribution in [0, 0.1) is 47.3 Å². The predicted molar refractivity (Wildman–Crippen MR) is 116 cm³/mol. The zero-order valence-corrected chi connectivity index (χ0v) is 19.6. The largest absolute Gasteiger partial charge is 0.480 e. The number of likely N-dealkylation sites (tertiary alicyclic amines) is 2. The first kappa shape index (κ1) is 24.1. The fraction of sp³-hybridized carbons (Fsp3) is 0.667. The quantitative estimate of drug-likeness (QED) is 0.391. The number of imide groups is 2. The van der Waals surface area contributed by atoms with Crippen LogP contribution in [0.4, 0.5) is 0 Å². The highest BCUT2D eigenvalue weighted by atomic mass is 16.4. The Labute approximate surface area is 196 Å². The van der Waals surface area contributed by atoms with Gasteiger partial charge in [0.15, 0.2) is 0 Å². The van der Waals surface area contributed by atoms with Gasteiger partial charge in [0.2, 0.25) is 23.6 Å².